The van der Waals surface area contributed by atoms with E-state index in [9.17, 15) is 9.18 Å². The van der Waals surface area contributed by atoms with Gasteiger partial charge >= 0.3 is 0 Å². The second-order valence-corrected chi connectivity index (χ2v) is 2.94. The van der Waals surface area contributed by atoms with Crippen LogP contribution in [-0.2, 0) is 4.79 Å². The van der Waals surface area contributed by atoms with Crippen LogP contribution in [-0.4, -0.2) is 5.78 Å². The van der Waals surface area contributed by atoms with Crippen LogP contribution in [0, 0.1) is 12.7 Å². The van der Waals surface area contributed by atoms with Gasteiger partial charge in [-0.2, -0.15) is 0 Å². The van der Waals surface area contributed by atoms with E-state index in [1.165, 1.54) is 25.1 Å². The number of aryl methyl sites for hydroxylation is 1. The smallest absolute Gasteiger partial charge is 0.152 e. The predicted molar refractivity (Wildman–Crippen MR) is 50.9 cm³/mol. The maximum atomic E-state index is 12.7. The van der Waals surface area contributed by atoms with Gasteiger partial charge in [0.2, 0.25) is 0 Å². The maximum absolute atomic E-state index is 12.7. The fraction of sp³-hybridized carbons (Fsp3) is 0.182. The average molecular weight is 178 g/mol. The van der Waals surface area contributed by atoms with E-state index in [1.54, 1.807) is 12.1 Å². The van der Waals surface area contributed by atoms with E-state index in [0.717, 1.165) is 11.1 Å². The second kappa shape index (κ2) is 3.99. The Labute approximate surface area is 76.9 Å². The third-order valence-electron chi connectivity index (χ3n) is 1.73. The minimum absolute atomic E-state index is 0.0104. The molecular formula is C11H11FO. The molecule has 1 aromatic carbocycles. The summed E-state index contributed by atoms with van der Waals surface area (Å²) in [5, 5.41) is 0. The fourth-order valence-electron chi connectivity index (χ4n) is 1.03. The molecule has 0 aliphatic carbocycles. The molecule has 0 amide bonds. The van der Waals surface area contributed by atoms with Gasteiger partial charge in [-0.1, -0.05) is 12.1 Å². The summed E-state index contributed by atoms with van der Waals surface area (Å²) in [6.45, 7) is 3.29. The molecule has 0 spiro atoms. The van der Waals surface area contributed by atoms with E-state index < -0.39 is 0 Å². The lowest BCUT2D eigenvalue weighted by Gasteiger charge is -1.98. The molecule has 0 aliphatic rings. The number of hydrogen-bond donors (Lipinski definition) is 0. The summed E-state index contributed by atoms with van der Waals surface area (Å²) in [6, 6.07) is 4.48. The van der Waals surface area contributed by atoms with Gasteiger partial charge in [0.25, 0.3) is 0 Å². The van der Waals surface area contributed by atoms with Crippen LogP contribution in [0.15, 0.2) is 24.3 Å². The third-order valence-corrected chi connectivity index (χ3v) is 1.73. The quantitative estimate of drug-likeness (QED) is 0.636. The molecule has 0 heterocycles. The van der Waals surface area contributed by atoms with E-state index in [-0.39, 0.29) is 11.6 Å². The molecule has 13 heavy (non-hydrogen) atoms. The first-order valence-electron chi connectivity index (χ1n) is 4.04. The van der Waals surface area contributed by atoms with Gasteiger partial charge in [-0.25, -0.2) is 4.39 Å². The zero-order chi connectivity index (χ0) is 9.84. The number of benzene rings is 1. The standard InChI is InChI=1S/C11H11FO/c1-8-7-11(12)6-5-10(8)4-3-9(2)13/h3-7H,1-2H3/b4-3-. The first kappa shape index (κ1) is 9.65. The van der Waals surface area contributed by atoms with Crippen LogP contribution in [0.1, 0.15) is 18.1 Å². The molecule has 0 bridgehead atoms. The van der Waals surface area contributed by atoms with Gasteiger partial charge in [0, 0.05) is 0 Å². The lowest BCUT2D eigenvalue weighted by molar-refractivity contribution is -0.112. The van der Waals surface area contributed by atoms with Crippen molar-refractivity contribution in [3.8, 4) is 0 Å². The maximum Gasteiger partial charge on any atom is 0.152 e. The summed E-state index contributed by atoms with van der Waals surface area (Å²) in [7, 11) is 0. The minimum atomic E-state index is -0.252. The number of carbonyl (C=O) groups is 1. The highest BCUT2D eigenvalue weighted by Gasteiger charge is 1.95. The number of hydrogen-bond acceptors (Lipinski definition) is 1. The summed E-state index contributed by atoms with van der Waals surface area (Å²) in [6.07, 6.45) is 3.16. The van der Waals surface area contributed by atoms with Gasteiger partial charge < -0.3 is 0 Å². The number of allylic oxidation sites excluding steroid dienone is 1. The first-order valence-corrected chi connectivity index (χ1v) is 4.04. The Morgan fingerprint density at radius 1 is 1.46 bits per heavy atom. The Morgan fingerprint density at radius 2 is 2.15 bits per heavy atom. The largest absolute Gasteiger partial charge is 0.295 e. The monoisotopic (exact) mass is 178 g/mol. The van der Waals surface area contributed by atoms with Crippen molar-refractivity contribution in [2.24, 2.45) is 0 Å². The Bertz CT molecular complexity index is 353. The molecule has 2 heteroatoms. The van der Waals surface area contributed by atoms with Gasteiger partial charge in [0.15, 0.2) is 5.78 Å². The zero-order valence-electron chi connectivity index (χ0n) is 7.67. The van der Waals surface area contributed by atoms with Crippen molar-refractivity contribution in [1.82, 2.24) is 0 Å². The topological polar surface area (TPSA) is 17.1 Å². The van der Waals surface area contributed by atoms with Crippen LogP contribution < -0.4 is 0 Å². The molecule has 0 fully saturated rings. The molecule has 0 saturated heterocycles. The van der Waals surface area contributed by atoms with Gasteiger partial charge in [-0.15, -0.1) is 0 Å². The van der Waals surface area contributed by atoms with Crippen molar-refractivity contribution in [3.63, 3.8) is 0 Å². The van der Waals surface area contributed by atoms with E-state index >= 15 is 0 Å². The fourth-order valence-corrected chi connectivity index (χ4v) is 1.03. The molecular weight excluding hydrogens is 167 g/mol. The Morgan fingerprint density at radius 3 is 2.69 bits per heavy atom. The molecule has 0 saturated carbocycles. The van der Waals surface area contributed by atoms with E-state index in [0.29, 0.717) is 0 Å². The summed E-state index contributed by atoms with van der Waals surface area (Å²) in [5.74, 6) is -0.263. The van der Waals surface area contributed by atoms with Crippen molar-refractivity contribution in [3.05, 3.63) is 41.2 Å². The number of halogens is 1. The zero-order valence-corrected chi connectivity index (χ0v) is 7.67. The Balaban J connectivity index is 2.96. The molecule has 1 nitrogen and oxygen atoms in total. The Kier molecular flexibility index (Phi) is 2.96. The lowest BCUT2D eigenvalue weighted by Crippen LogP contribution is -1.85. The van der Waals surface area contributed by atoms with Crippen molar-refractivity contribution in [2.75, 3.05) is 0 Å². The molecule has 68 valence electrons. The Hall–Kier alpha value is -1.44. The highest BCUT2D eigenvalue weighted by molar-refractivity contribution is 5.91. The predicted octanol–water partition coefficient (Wildman–Crippen LogP) is 2.74. The van der Waals surface area contributed by atoms with Crippen molar-refractivity contribution in [2.45, 2.75) is 13.8 Å². The minimum Gasteiger partial charge on any atom is -0.295 e. The first-order chi connectivity index (χ1) is 6.09. The van der Waals surface area contributed by atoms with E-state index in [2.05, 4.69) is 0 Å². The van der Waals surface area contributed by atoms with Gasteiger partial charge in [-0.3, -0.25) is 4.79 Å². The highest BCUT2D eigenvalue weighted by Crippen LogP contribution is 2.11. The molecule has 0 atom stereocenters. The van der Waals surface area contributed by atoms with Gasteiger partial charge in [-0.05, 0) is 43.2 Å². The summed E-state index contributed by atoms with van der Waals surface area (Å²) in [4.78, 5) is 10.6. The summed E-state index contributed by atoms with van der Waals surface area (Å²) < 4.78 is 12.7. The van der Waals surface area contributed by atoms with Gasteiger partial charge in [0.1, 0.15) is 5.82 Å². The van der Waals surface area contributed by atoms with E-state index in [4.69, 9.17) is 0 Å². The van der Waals surface area contributed by atoms with Crippen molar-refractivity contribution < 1.29 is 9.18 Å². The van der Waals surface area contributed by atoms with Crippen molar-refractivity contribution >= 4 is 11.9 Å². The molecule has 1 aromatic rings. The average Bonchev–Trinajstić information content (AvgIpc) is 2.02. The number of carbonyl (C=O) groups excluding carboxylic acids is 1. The van der Waals surface area contributed by atoms with Crippen LogP contribution >= 0.6 is 0 Å². The van der Waals surface area contributed by atoms with E-state index in [1.807, 2.05) is 6.92 Å². The second-order valence-electron chi connectivity index (χ2n) is 2.94. The summed E-state index contributed by atoms with van der Waals surface area (Å²) in [5.41, 5.74) is 1.70. The van der Waals surface area contributed by atoms with Gasteiger partial charge in [0.05, 0.1) is 0 Å². The summed E-state index contributed by atoms with van der Waals surface area (Å²) >= 11 is 0. The SMILES string of the molecule is CC(=O)/C=C\c1ccc(F)cc1C. The number of rotatable bonds is 2. The van der Waals surface area contributed by atoms with Crippen LogP contribution in [0.5, 0.6) is 0 Å². The normalized spacial score (nSPS) is 10.7. The number of ketones is 1. The molecule has 0 aromatic heterocycles. The third kappa shape index (κ3) is 2.82. The molecule has 1 rings (SSSR count). The highest BCUT2D eigenvalue weighted by atomic mass is 19.1. The van der Waals surface area contributed by atoms with Crippen LogP contribution in [0.25, 0.3) is 6.08 Å². The van der Waals surface area contributed by atoms with Crippen LogP contribution in [0.4, 0.5) is 4.39 Å². The molecule has 0 N–H and O–H groups in total. The van der Waals surface area contributed by atoms with Crippen molar-refractivity contribution in [1.29, 1.82) is 0 Å². The molecule has 0 radical (unpaired) electrons. The van der Waals surface area contributed by atoms with Crippen LogP contribution in [0.2, 0.25) is 0 Å². The lowest BCUT2D eigenvalue weighted by atomic mass is 10.1. The van der Waals surface area contributed by atoms with Crippen LogP contribution in [0.3, 0.4) is 0 Å². The molecule has 0 aliphatic heterocycles. The molecule has 0 unspecified atom stereocenters.